The fourth-order valence-corrected chi connectivity index (χ4v) is 6.14. The molecule has 0 aliphatic carbocycles. The number of carbonyl (C=O) groups excluding carboxylic acids is 2. The summed E-state index contributed by atoms with van der Waals surface area (Å²) in [7, 11) is 1.64. The van der Waals surface area contributed by atoms with Gasteiger partial charge in [-0.25, -0.2) is 14.5 Å². The number of thiophene rings is 1. The van der Waals surface area contributed by atoms with Gasteiger partial charge in [-0.2, -0.15) is 5.10 Å². The molecule has 5 heterocycles. The number of fused-ring (bicyclic) bond motifs is 1. The highest BCUT2D eigenvalue weighted by atomic mass is 32.1. The first kappa shape index (κ1) is 27.7. The van der Waals surface area contributed by atoms with E-state index in [1.165, 1.54) is 0 Å². The largest absolute Gasteiger partial charge is 0.366 e. The Bertz CT molecular complexity index is 1520. The quantitative estimate of drug-likeness (QED) is 0.287. The van der Waals surface area contributed by atoms with Crippen molar-refractivity contribution in [3.63, 3.8) is 0 Å². The Morgan fingerprint density at radius 2 is 2.08 bits per heavy atom. The number of aromatic nitrogens is 4. The van der Waals surface area contributed by atoms with Crippen molar-refractivity contribution < 1.29 is 9.59 Å². The lowest BCUT2D eigenvalue weighted by atomic mass is 9.94. The standard InChI is InChI=1S/C29H36N8O2S/c1-5-11-35(6-2)18(3)15-20-19(26(30)38)16-23(34-27(20)36-12-10-24(36)29(39)31-4)21-17-32-37-13-9-22(33-28(21)37)25-8-7-14-40-25/h7-9,13-14,16-18,24H,5-6,10-12,15H2,1-4H3,(H2,30,38)(H,31,39)/t18-,24-/m0/s1. The minimum atomic E-state index is -0.522. The van der Waals surface area contributed by atoms with Crippen LogP contribution in [0.1, 0.15) is 49.5 Å². The van der Waals surface area contributed by atoms with Crippen molar-refractivity contribution in [2.45, 2.75) is 52.1 Å². The van der Waals surface area contributed by atoms with Gasteiger partial charge in [-0.05, 0) is 62.9 Å². The van der Waals surface area contributed by atoms with E-state index in [1.807, 2.05) is 34.7 Å². The van der Waals surface area contributed by atoms with Crippen LogP contribution in [0.25, 0.3) is 27.5 Å². The zero-order chi connectivity index (χ0) is 28.4. The molecular formula is C29H36N8O2S. The summed E-state index contributed by atoms with van der Waals surface area (Å²) in [5, 5.41) is 9.28. The zero-order valence-electron chi connectivity index (χ0n) is 23.4. The highest BCUT2D eigenvalue weighted by Gasteiger charge is 2.37. The average molecular weight is 561 g/mol. The van der Waals surface area contributed by atoms with Gasteiger partial charge in [0, 0.05) is 37.0 Å². The Hall–Kier alpha value is -3.83. The summed E-state index contributed by atoms with van der Waals surface area (Å²) < 4.78 is 1.70. The lowest BCUT2D eigenvalue weighted by Crippen LogP contribution is -2.56. The van der Waals surface area contributed by atoms with E-state index in [0.717, 1.165) is 35.6 Å². The monoisotopic (exact) mass is 560 g/mol. The van der Waals surface area contributed by atoms with Gasteiger partial charge in [-0.1, -0.05) is 19.9 Å². The molecule has 0 bridgehead atoms. The lowest BCUT2D eigenvalue weighted by Gasteiger charge is -2.42. The van der Waals surface area contributed by atoms with Crippen molar-refractivity contribution in [1.82, 2.24) is 29.8 Å². The van der Waals surface area contributed by atoms with Gasteiger partial charge in [0.1, 0.15) is 11.9 Å². The maximum Gasteiger partial charge on any atom is 0.249 e. The molecule has 210 valence electrons. The average Bonchev–Trinajstić information content (AvgIpc) is 3.61. The Kier molecular flexibility index (Phi) is 8.13. The molecule has 3 N–H and O–H groups in total. The zero-order valence-corrected chi connectivity index (χ0v) is 24.2. The second-order valence-corrected chi connectivity index (χ2v) is 11.1. The molecule has 1 aliphatic rings. The van der Waals surface area contributed by atoms with E-state index in [-0.39, 0.29) is 18.0 Å². The van der Waals surface area contributed by atoms with Crippen LogP contribution in [0.4, 0.5) is 5.82 Å². The van der Waals surface area contributed by atoms with E-state index >= 15 is 0 Å². The molecule has 5 rings (SSSR count). The van der Waals surface area contributed by atoms with Crippen LogP contribution >= 0.6 is 11.3 Å². The molecule has 0 aromatic carbocycles. The van der Waals surface area contributed by atoms with Gasteiger partial charge in [0.2, 0.25) is 11.8 Å². The third-order valence-corrected chi connectivity index (χ3v) is 8.56. The number of likely N-dealkylation sites (N-methyl/N-ethyl adjacent to an activating group) is 2. The summed E-state index contributed by atoms with van der Waals surface area (Å²) in [6.07, 6.45) is 5.92. The van der Waals surface area contributed by atoms with Crippen LogP contribution < -0.4 is 16.0 Å². The van der Waals surface area contributed by atoms with Crippen LogP contribution in [0.2, 0.25) is 0 Å². The number of nitrogens with two attached hydrogens (primary N) is 1. The highest BCUT2D eigenvalue weighted by molar-refractivity contribution is 7.13. The van der Waals surface area contributed by atoms with Crippen molar-refractivity contribution in [3.05, 3.63) is 53.2 Å². The van der Waals surface area contributed by atoms with Gasteiger partial charge in [0.25, 0.3) is 0 Å². The predicted molar refractivity (Wildman–Crippen MR) is 159 cm³/mol. The van der Waals surface area contributed by atoms with Crippen molar-refractivity contribution in [3.8, 4) is 21.8 Å². The number of amides is 2. The molecule has 4 aromatic heterocycles. The van der Waals surface area contributed by atoms with E-state index in [1.54, 1.807) is 35.2 Å². The van der Waals surface area contributed by atoms with Gasteiger partial charge >= 0.3 is 0 Å². The molecule has 0 spiro atoms. The molecule has 1 fully saturated rings. The molecule has 1 aliphatic heterocycles. The Morgan fingerprint density at radius 3 is 2.70 bits per heavy atom. The van der Waals surface area contributed by atoms with Crippen molar-refractivity contribution in [2.75, 3.05) is 31.6 Å². The second kappa shape index (κ2) is 11.7. The van der Waals surface area contributed by atoms with Crippen LogP contribution in [0.15, 0.2) is 42.0 Å². The third-order valence-electron chi connectivity index (χ3n) is 7.67. The minimum absolute atomic E-state index is 0.0718. The highest BCUT2D eigenvalue weighted by Crippen LogP contribution is 2.36. The summed E-state index contributed by atoms with van der Waals surface area (Å²) in [4.78, 5) is 41.1. The first-order chi connectivity index (χ1) is 19.4. The fraction of sp³-hybridized carbons (Fsp3) is 0.414. The molecule has 4 aromatic rings. The summed E-state index contributed by atoms with van der Waals surface area (Å²) >= 11 is 1.61. The van der Waals surface area contributed by atoms with Gasteiger partial charge in [-0.15, -0.1) is 11.3 Å². The molecule has 40 heavy (non-hydrogen) atoms. The number of carbonyl (C=O) groups is 2. The van der Waals surface area contributed by atoms with E-state index in [9.17, 15) is 9.59 Å². The molecule has 2 atom stereocenters. The van der Waals surface area contributed by atoms with Gasteiger partial charge < -0.3 is 20.9 Å². The number of hydrogen-bond donors (Lipinski definition) is 2. The van der Waals surface area contributed by atoms with Gasteiger partial charge in [0.15, 0.2) is 5.65 Å². The summed E-state index contributed by atoms with van der Waals surface area (Å²) in [6, 6.07) is 7.51. The van der Waals surface area contributed by atoms with E-state index < -0.39 is 5.91 Å². The molecule has 0 radical (unpaired) electrons. The first-order valence-corrected chi connectivity index (χ1v) is 14.7. The van der Waals surface area contributed by atoms with Crippen LogP contribution in [-0.4, -0.2) is 75.1 Å². The number of hydrogen-bond acceptors (Lipinski definition) is 8. The lowest BCUT2D eigenvalue weighted by molar-refractivity contribution is -0.123. The van der Waals surface area contributed by atoms with Crippen LogP contribution in [0.3, 0.4) is 0 Å². The molecule has 1 saturated heterocycles. The number of anilines is 1. The molecule has 0 unspecified atom stereocenters. The molecule has 2 amide bonds. The number of nitrogens with zero attached hydrogens (tertiary/aromatic N) is 6. The Balaban J connectivity index is 1.66. The third kappa shape index (κ3) is 5.18. The first-order valence-electron chi connectivity index (χ1n) is 13.8. The van der Waals surface area contributed by atoms with Crippen LogP contribution in [0, 0.1) is 0 Å². The SMILES string of the molecule is CCCN(CC)[C@@H](C)Cc1c(C(N)=O)cc(-c2cnn3ccc(-c4cccs4)nc23)nc1N1CC[C@H]1C(=O)NC. The van der Waals surface area contributed by atoms with E-state index in [2.05, 4.69) is 36.1 Å². The van der Waals surface area contributed by atoms with E-state index in [0.29, 0.717) is 47.7 Å². The molecular weight excluding hydrogens is 524 g/mol. The van der Waals surface area contributed by atoms with Gasteiger partial charge in [-0.3, -0.25) is 9.59 Å². The summed E-state index contributed by atoms with van der Waals surface area (Å²) in [5.41, 5.74) is 9.92. The summed E-state index contributed by atoms with van der Waals surface area (Å²) in [6.45, 7) is 8.98. The topological polar surface area (TPSA) is 122 Å². The number of nitrogens with one attached hydrogen (secondary N) is 1. The van der Waals surface area contributed by atoms with E-state index in [4.69, 9.17) is 15.7 Å². The van der Waals surface area contributed by atoms with Crippen molar-refractivity contribution in [1.29, 1.82) is 0 Å². The van der Waals surface area contributed by atoms with Crippen LogP contribution in [-0.2, 0) is 11.2 Å². The minimum Gasteiger partial charge on any atom is -0.366 e. The van der Waals surface area contributed by atoms with Crippen molar-refractivity contribution >= 4 is 34.6 Å². The fourth-order valence-electron chi connectivity index (χ4n) is 5.45. The normalized spacial score (nSPS) is 15.8. The number of primary amides is 1. The summed E-state index contributed by atoms with van der Waals surface area (Å²) in [5.74, 6) is 0.0307. The number of pyridine rings is 1. The molecule has 10 nitrogen and oxygen atoms in total. The number of rotatable bonds is 11. The maximum atomic E-state index is 13.0. The predicted octanol–water partition coefficient (Wildman–Crippen LogP) is 3.61. The maximum absolute atomic E-state index is 13.0. The smallest absolute Gasteiger partial charge is 0.249 e. The van der Waals surface area contributed by atoms with Crippen LogP contribution in [0.5, 0.6) is 0 Å². The van der Waals surface area contributed by atoms with Crippen molar-refractivity contribution in [2.24, 2.45) is 5.73 Å². The Morgan fingerprint density at radius 1 is 1.25 bits per heavy atom. The second-order valence-electron chi connectivity index (χ2n) is 10.1. The molecule has 0 saturated carbocycles. The molecule has 11 heteroatoms. The van der Waals surface area contributed by atoms with Gasteiger partial charge in [0.05, 0.1) is 28.0 Å². The Labute approximate surface area is 238 Å².